The summed E-state index contributed by atoms with van der Waals surface area (Å²) in [5.41, 5.74) is -0.109. The molecule has 3 rings (SSSR count). The van der Waals surface area contributed by atoms with Gasteiger partial charge in [0.1, 0.15) is 11.8 Å². The summed E-state index contributed by atoms with van der Waals surface area (Å²) >= 11 is 0. The number of carboxylic acid groups (broad SMARTS) is 1. The molecule has 8 heteroatoms. The first-order valence-electron chi connectivity index (χ1n) is 8.87. The highest BCUT2D eigenvalue weighted by molar-refractivity contribution is 5.91. The van der Waals surface area contributed by atoms with Gasteiger partial charge >= 0.3 is 5.97 Å². The maximum absolute atomic E-state index is 11.8. The first kappa shape index (κ1) is 18.4. The van der Waals surface area contributed by atoms with E-state index in [2.05, 4.69) is 10.2 Å². The minimum Gasteiger partial charge on any atom is -0.480 e. The second-order valence-electron chi connectivity index (χ2n) is 7.33. The van der Waals surface area contributed by atoms with Gasteiger partial charge in [-0.15, -0.1) is 0 Å². The Labute approximate surface area is 152 Å². The zero-order valence-corrected chi connectivity index (χ0v) is 15.2. The SMILES string of the molecule is CNC(=O)c1ccc(CN2CCC3(CC2)C[C@H](C(=O)O)N(C(C)=O)C3)o1. The van der Waals surface area contributed by atoms with E-state index < -0.39 is 12.0 Å². The molecule has 3 heterocycles. The molecule has 2 aliphatic heterocycles. The molecule has 2 aliphatic rings. The highest BCUT2D eigenvalue weighted by Crippen LogP contribution is 2.43. The molecule has 0 aliphatic carbocycles. The van der Waals surface area contributed by atoms with Gasteiger partial charge in [-0.1, -0.05) is 0 Å². The number of rotatable bonds is 4. The number of furan rings is 1. The van der Waals surface area contributed by atoms with Gasteiger partial charge in [0.25, 0.3) is 5.91 Å². The molecule has 2 amide bonds. The van der Waals surface area contributed by atoms with Crippen LogP contribution in [-0.2, 0) is 16.1 Å². The molecule has 0 unspecified atom stereocenters. The number of nitrogens with zero attached hydrogens (tertiary/aromatic N) is 2. The van der Waals surface area contributed by atoms with E-state index in [1.807, 2.05) is 6.07 Å². The minimum atomic E-state index is -0.920. The number of amides is 2. The normalized spacial score (nSPS) is 22.5. The van der Waals surface area contributed by atoms with Gasteiger partial charge in [0.2, 0.25) is 5.91 Å². The highest BCUT2D eigenvalue weighted by Gasteiger charge is 2.49. The number of likely N-dealkylation sites (tertiary alicyclic amines) is 2. The monoisotopic (exact) mass is 363 g/mol. The largest absolute Gasteiger partial charge is 0.480 e. The summed E-state index contributed by atoms with van der Waals surface area (Å²) in [7, 11) is 1.56. The minimum absolute atomic E-state index is 0.109. The van der Waals surface area contributed by atoms with Crippen LogP contribution in [0.5, 0.6) is 0 Å². The number of hydrogen-bond acceptors (Lipinski definition) is 5. The summed E-state index contributed by atoms with van der Waals surface area (Å²) in [5, 5.41) is 11.9. The van der Waals surface area contributed by atoms with E-state index in [0.29, 0.717) is 25.3 Å². The molecule has 2 saturated heterocycles. The van der Waals surface area contributed by atoms with E-state index in [9.17, 15) is 19.5 Å². The quantitative estimate of drug-likeness (QED) is 0.825. The smallest absolute Gasteiger partial charge is 0.326 e. The Kier molecular flexibility index (Phi) is 5.04. The molecule has 1 aromatic rings. The summed E-state index contributed by atoms with van der Waals surface area (Å²) in [6, 6.07) is 2.76. The number of piperidine rings is 1. The summed E-state index contributed by atoms with van der Waals surface area (Å²) in [4.78, 5) is 38.6. The maximum atomic E-state index is 11.8. The molecule has 1 aromatic heterocycles. The highest BCUT2D eigenvalue weighted by atomic mass is 16.4. The van der Waals surface area contributed by atoms with E-state index >= 15 is 0 Å². The molecule has 8 nitrogen and oxygen atoms in total. The van der Waals surface area contributed by atoms with Crippen molar-refractivity contribution in [3.05, 3.63) is 23.7 Å². The lowest BCUT2D eigenvalue weighted by molar-refractivity contribution is -0.147. The van der Waals surface area contributed by atoms with Crippen LogP contribution in [0.25, 0.3) is 0 Å². The Balaban J connectivity index is 1.59. The van der Waals surface area contributed by atoms with Gasteiger partial charge in [0.05, 0.1) is 6.54 Å². The van der Waals surface area contributed by atoms with Gasteiger partial charge in [0.15, 0.2) is 5.76 Å². The molecule has 2 N–H and O–H groups in total. The molecule has 1 atom stereocenters. The van der Waals surface area contributed by atoms with Gasteiger partial charge in [-0.25, -0.2) is 4.79 Å². The number of aliphatic carboxylic acids is 1. The van der Waals surface area contributed by atoms with E-state index in [1.54, 1.807) is 13.1 Å². The molecule has 0 saturated carbocycles. The van der Waals surface area contributed by atoms with Crippen molar-refractivity contribution in [1.29, 1.82) is 0 Å². The van der Waals surface area contributed by atoms with Gasteiger partial charge in [-0.05, 0) is 49.9 Å². The van der Waals surface area contributed by atoms with Crippen molar-refractivity contribution < 1.29 is 23.9 Å². The zero-order chi connectivity index (χ0) is 18.9. The molecule has 1 spiro atoms. The summed E-state index contributed by atoms with van der Waals surface area (Å²) < 4.78 is 5.57. The second-order valence-corrected chi connectivity index (χ2v) is 7.33. The second kappa shape index (κ2) is 7.11. The third-order valence-corrected chi connectivity index (χ3v) is 5.61. The van der Waals surface area contributed by atoms with Crippen LogP contribution in [0.2, 0.25) is 0 Å². The van der Waals surface area contributed by atoms with E-state index in [4.69, 9.17) is 4.42 Å². The Hall–Kier alpha value is -2.35. The third-order valence-electron chi connectivity index (χ3n) is 5.61. The summed E-state index contributed by atoms with van der Waals surface area (Å²) in [5.74, 6) is -0.303. The van der Waals surface area contributed by atoms with Gasteiger partial charge in [-0.3, -0.25) is 14.5 Å². The van der Waals surface area contributed by atoms with Crippen molar-refractivity contribution in [2.45, 2.75) is 38.8 Å². The van der Waals surface area contributed by atoms with Crippen LogP contribution in [-0.4, -0.2) is 65.4 Å². The Morgan fingerprint density at radius 3 is 2.54 bits per heavy atom. The number of hydrogen-bond donors (Lipinski definition) is 2. The molecule has 0 bridgehead atoms. The van der Waals surface area contributed by atoms with Crippen LogP contribution in [0.3, 0.4) is 0 Å². The standard InChI is InChI=1S/C18H25N3O5/c1-12(22)21-11-18(9-14(21)17(24)25)5-7-20(8-6-18)10-13-3-4-15(26-13)16(23)19-2/h3-4,14H,5-11H2,1-2H3,(H,19,23)(H,24,25)/t14-/m1/s1. The lowest BCUT2D eigenvalue weighted by Crippen LogP contribution is -2.42. The van der Waals surface area contributed by atoms with Crippen molar-refractivity contribution >= 4 is 17.8 Å². The fourth-order valence-electron chi connectivity index (χ4n) is 4.08. The Morgan fingerprint density at radius 2 is 2.00 bits per heavy atom. The van der Waals surface area contributed by atoms with E-state index in [1.165, 1.54) is 11.8 Å². The first-order chi connectivity index (χ1) is 12.3. The molecular weight excluding hydrogens is 338 g/mol. The molecular formula is C18H25N3O5. The fraction of sp³-hybridized carbons (Fsp3) is 0.611. The van der Waals surface area contributed by atoms with Gasteiger partial charge < -0.3 is 19.7 Å². The maximum Gasteiger partial charge on any atom is 0.326 e. The van der Waals surface area contributed by atoms with Gasteiger partial charge in [-0.2, -0.15) is 0 Å². The number of carbonyl (C=O) groups excluding carboxylic acids is 2. The third kappa shape index (κ3) is 3.60. The molecule has 2 fully saturated rings. The van der Waals surface area contributed by atoms with Crippen LogP contribution >= 0.6 is 0 Å². The lowest BCUT2D eigenvalue weighted by atomic mass is 9.76. The van der Waals surface area contributed by atoms with E-state index in [0.717, 1.165) is 31.7 Å². The number of nitrogens with one attached hydrogen (secondary N) is 1. The van der Waals surface area contributed by atoms with Gasteiger partial charge in [0, 0.05) is 20.5 Å². The van der Waals surface area contributed by atoms with Crippen molar-refractivity contribution in [2.24, 2.45) is 5.41 Å². The zero-order valence-electron chi connectivity index (χ0n) is 15.2. The Bertz CT molecular complexity index is 681. The number of carbonyl (C=O) groups is 3. The molecule has 0 radical (unpaired) electrons. The van der Waals surface area contributed by atoms with Crippen molar-refractivity contribution in [1.82, 2.24) is 15.1 Å². The van der Waals surface area contributed by atoms with Crippen LogP contribution in [0.1, 0.15) is 42.5 Å². The van der Waals surface area contributed by atoms with Crippen LogP contribution in [0, 0.1) is 5.41 Å². The topological polar surface area (TPSA) is 103 Å². The first-order valence-corrected chi connectivity index (χ1v) is 8.87. The fourth-order valence-corrected chi connectivity index (χ4v) is 4.08. The summed E-state index contributed by atoms with van der Waals surface area (Å²) in [6.45, 7) is 4.20. The molecule has 142 valence electrons. The van der Waals surface area contributed by atoms with Crippen LogP contribution < -0.4 is 5.32 Å². The summed E-state index contributed by atoms with van der Waals surface area (Å²) in [6.07, 6.45) is 2.23. The van der Waals surface area contributed by atoms with E-state index in [-0.39, 0.29) is 17.2 Å². The average Bonchev–Trinajstić information content (AvgIpc) is 3.22. The molecule has 26 heavy (non-hydrogen) atoms. The average molecular weight is 363 g/mol. The van der Waals surface area contributed by atoms with Crippen LogP contribution in [0.4, 0.5) is 0 Å². The number of carboxylic acids is 1. The Morgan fingerprint density at radius 1 is 1.31 bits per heavy atom. The van der Waals surface area contributed by atoms with Crippen molar-refractivity contribution in [2.75, 3.05) is 26.7 Å². The molecule has 0 aromatic carbocycles. The van der Waals surface area contributed by atoms with Crippen molar-refractivity contribution in [3.8, 4) is 0 Å². The van der Waals surface area contributed by atoms with Crippen molar-refractivity contribution in [3.63, 3.8) is 0 Å². The van der Waals surface area contributed by atoms with Crippen LogP contribution in [0.15, 0.2) is 16.5 Å². The predicted molar refractivity (Wildman–Crippen MR) is 92.5 cm³/mol. The lowest BCUT2D eigenvalue weighted by Gasteiger charge is -2.38. The predicted octanol–water partition coefficient (Wildman–Crippen LogP) is 0.927.